The van der Waals surface area contributed by atoms with Gasteiger partial charge in [-0.25, -0.2) is 4.79 Å². The first-order valence-electron chi connectivity index (χ1n) is 6.89. The Morgan fingerprint density at radius 1 is 1.29 bits per heavy atom. The Labute approximate surface area is 133 Å². The number of hydrogen-bond acceptors (Lipinski definition) is 2. The Hall–Kier alpha value is -1.56. The second kappa shape index (κ2) is 6.05. The number of halogens is 1. The van der Waals surface area contributed by atoms with Gasteiger partial charge in [0.1, 0.15) is 0 Å². The Morgan fingerprint density at radius 3 is 2.43 bits per heavy atom. The van der Waals surface area contributed by atoms with Gasteiger partial charge < -0.3 is 15.5 Å². The summed E-state index contributed by atoms with van der Waals surface area (Å²) in [7, 11) is 0. The standard InChI is InChI=1S/C15H20BrN3O2/c1-15(2,3)19-9-12(8-13(19)20)18-14(21)17-11-6-4-10(16)5-7-11/h4-7,12H,8-9H2,1-3H3,(H2,17,18,21). The zero-order valence-corrected chi connectivity index (χ0v) is 14.0. The van der Waals surface area contributed by atoms with Crippen molar-refractivity contribution < 1.29 is 9.59 Å². The Balaban J connectivity index is 1.89. The van der Waals surface area contributed by atoms with Crippen molar-refractivity contribution in [3.8, 4) is 0 Å². The summed E-state index contributed by atoms with van der Waals surface area (Å²) in [6, 6.07) is 6.90. The molecule has 0 bridgehead atoms. The molecular weight excluding hydrogens is 334 g/mol. The van der Waals surface area contributed by atoms with Gasteiger partial charge in [-0.05, 0) is 45.0 Å². The third kappa shape index (κ3) is 4.20. The fraction of sp³-hybridized carbons (Fsp3) is 0.467. The molecule has 1 aromatic carbocycles. The van der Waals surface area contributed by atoms with Crippen molar-refractivity contribution in [2.45, 2.75) is 38.8 Å². The molecule has 1 atom stereocenters. The summed E-state index contributed by atoms with van der Waals surface area (Å²) < 4.78 is 0.954. The normalized spacial score (nSPS) is 18.8. The van der Waals surface area contributed by atoms with E-state index in [9.17, 15) is 9.59 Å². The first-order valence-corrected chi connectivity index (χ1v) is 7.68. The van der Waals surface area contributed by atoms with Gasteiger partial charge >= 0.3 is 6.03 Å². The Bertz CT molecular complexity index is 537. The Kier molecular flexibility index (Phi) is 4.56. The molecule has 21 heavy (non-hydrogen) atoms. The number of anilines is 1. The van der Waals surface area contributed by atoms with E-state index in [1.165, 1.54) is 0 Å². The molecule has 1 aromatic rings. The van der Waals surface area contributed by atoms with Gasteiger partial charge in [0.05, 0.1) is 6.04 Å². The molecule has 6 heteroatoms. The largest absolute Gasteiger partial charge is 0.336 e. The van der Waals surface area contributed by atoms with E-state index in [-0.39, 0.29) is 23.5 Å². The third-order valence-corrected chi connectivity index (χ3v) is 3.90. The number of hydrogen-bond donors (Lipinski definition) is 2. The molecule has 1 aliphatic rings. The fourth-order valence-corrected chi connectivity index (χ4v) is 2.60. The van der Waals surface area contributed by atoms with Gasteiger partial charge in [0.15, 0.2) is 0 Å². The number of amides is 3. The lowest BCUT2D eigenvalue weighted by atomic mass is 10.1. The average molecular weight is 354 g/mol. The maximum Gasteiger partial charge on any atom is 0.319 e. The van der Waals surface area contributed by atoms with Crippen LogP contribution < -0.4 is 10.6 Å². The van der Waals surface area contributed by atoms with Gasteiger partial charge in [-0.15, -0.1) is 0 Å². The lowest BCUT2D eigenvalue weighted by molar-refractivity contribution is -0.131. The number of nitrogens with zero attached hydrogens (tertiary/aromatic N) is 1. The molecule has 1 saturated heterocycles. The molecule has 2 N–H and O–H groups in total. The lowest BCUT2D eigenvalue weighted by Gasteiger charge is -2.32. The summed E-state index contributed by atoms with van der Waals surface area (Å²) in [5.41, 5.74) is 0.503. The highest BCUT2D eigenvalue weighted by Gasteiger charge is 2.36. The molecule has 114 valence electrons. The van der Waals surface area contributed by atoms with Crippen LogP contribution in [0.25, 0.3) is 0 Å². The van der Waals surface area contributed by atoms with E-state index in [1.807, 2.05) is 45.0 Å². The van der Waals surface area contributed by atoms with Crippen LogP contribution >= 0.6 is 15.9 Å². The van der Waals surface area contributed by atoms with E-state index in [0.717, 1.165) is 4.47 Å². The van der Waals surface area contributed by atoms with E-state index in [4.69, 9.17) is 0 Å². The SMILES string of the molecule is CC(C)(C)N1CC(NC(=O)Nc2ccc(Br)cc2)CC1=O. The maximum atomic E-state index is 12.0. The summed E-state index contributed by atoms with van der Waals surface area (Å²) in [5, 5.41) is 5.61. The lowest BCUT2D eigenvalue weighted by Crippen LogP contribution is -2.45. The highest BCUT2D eigenvalue weighted by molar-refractivity contribution is 9.10. The van der Waals surface area contributed by atoms with Crippen LogP contribution in [0.4, 0.5) is 10.5 Å². The van der Waals surface area contributed by atoms with Crippen LogP contribution in [0.5, 0.6) is 0 Å². The van der Waals surface area contributed by atoms with Crippen molar-refractivity contribution in [3.63, 3.8) is 0 Å². The summed E-state index contributed by atoms with van der Waals surface area (Å²) in [6.07, 6.45) is 0.352. The zero-order valence-electron chi connectivity index (χ0n) is 12.4. The molecule has 0 spiro atoms. The number of nitrogens with one attached hydrogen (secondary N) is 2. The zero-order chi connectivity index (χ0) is 15.6. The van der Waals surface area contributed by atoms with Crippen LogP contribution in [0.1, 0.15) is 27.2 Å². The summed E-state index contributed by atoms with van der Waals surface area (Å²) in [5.74, 6) is 0.0800. The minimum absolute atomic E-state index is 0.0800. The molecule has 0 saturated carbocycles. The molecule has 2 rings (SSSR count). The molecule has 1 aliphatic heterocycles. The topological polar surface area (TPSA) is 61.4 Å². The van der Waals surface area contributed by atoms with E-state index >= 15 is 0 Å². The second-order valence-corrected chi connectivity index (χ2v) is 7.10. The van der Waals surface area contributed by atoms with Gasteiger partial charge in [0.2, 0.25) is 5.91 Å². The van der Waals surface area contributed by atoms with Gasteiger partial charge in [-0.2, -0.15) is 0 Å². The van der Waals surface area contributed by atoms with Crippen LogP contribution in [-0.4, -0.2) is 35.0 Å². The molecule has 1 heterocycles. The van der Waals surface area contributed by atoms with Crippen molar-refractivity contribution in [2.24, 2.45) is 0 Å². The molecule has 5 nitrogen and oxygen atoms in total. The Morgan fingerprint density at radius 2 is 1.90 bits per heavy atom. The van der Waals surface area contributed by atoms with Crippen LogP contribution in [-0.2, 0) is 4.79 Å². The molecule has 3 amide bonds. The molecular formula is C15H20BrN3O2. The monoisotopic (exact) mass is 353 g/mol. The van der Waals surface area contributed by atoms with Crippen molar-refractivity contribution in [1.29, 1.82) is 0 Å². The van der Waals surface area contributed by atoms with Crippen LogP contribution in [0.3, 0.4) is 0 Å². The number of rotatable bonds is 2. The maximum absolute atomic E-state index is 12.0. The van der Waals surface area contributed by atoms with Crippen molar-refractivity contribution >= 4 is 33.6 Å². The van der Waals surface area contributed by atoms with Gasteiger partial charge in [-0.1, -0.05) is 15.9 Å². The molecule has 0 aromatic heterocycles. The fourth-order valence-electron chi connectivity index (χ4n) is 2.34. The highest BCUT2D eigenvalue weighted by Crippen LogP contribution is 2.22. The van der Waals surface area contributed by atoms with E-state index < -0.39 is 0 Å². The number of carbonyl (C=O) groups excluding carboxylic acids is 2. The van der Waals surface area contributed by atoms with E-state index in [0.29, 0.717) is 18.7 Å². The molecule has 1 unspecified atom stereocenters. The first-order chi connectivity index (χ1) is 9.75. The average Bonchev–Trinajstić information content (AvgIpc) is 2.73. The quantitative estimate of drug-likeness (QED) is 0.858. The number of carbonyl (C=O) groups is 2. The van der Waals surface area contributed by atoms with Gasteiger partial charge in [0, 0.05) is 28.7 Å². The molecule has 0 aliphatic carbocycles. The van der Waals surface area contributed by atoms with Gasteiger partial charge in [0.25, 0.3) is 0 Å². The minimum atomic E-state index is -0.286. The summed E-state index contributed by atoms with van der Waals surface area (Å²) in [6.45, 7) is 6.54. The van der Waals surface area contributed by atoms with E-state index in [2.05, 4.69) is 26.6 Å². The van der Waals surface area contributed by atoms with Crippen molar-refractivity contribution in [3.05, 3.63) is 28.7 Å². The third-order valence-electron chi connectivity index (χ3n) is 3.37. The highest BCUT2D eigenvalue weighted by atomic mass is 79.9. The van der Waals surface area contributed by atoms with Crippen molar-refractivity contribution in [1.82, 2.24) is 10.2 Å². The van der Waals surface area contributed by atoms with Crippen LogP contribution in [0, 0.1) is 0 Å². The first kappa shape index (κ1) is 15.8. The van der Waals surface area contributed by atoms with Crippen LogP contribution in [0.15, 0.2) is 28.7 Å². The second-order valence-electron chi connectivity index (χ2n) is 6.18. The summed E-state index contributed by atoms with van der Waals surface area (Å²) >= 11 is 3.34. The number of benzene rings is 1. The predicted octanol–water partition coefficient (Wildman–Crippen LogP) is 2.97. The minimum Gasteiger partial charge on any atom is -0.336 e. The number of likely N-dealkylation sites (tertiary alicyclic amines) is 1. The molecule has 1 fully saturated rings. The van der Waals surface area contributed by atoms with E-state index in [1.54, 1.807) is 4.90 Å². The van der Waals surface area contributed by atoms with Gasteiger partial charge in [-0.3, -0.25) is 4.79 Å². The smallest absolute Gasteiger partial charge is 0.319 e. The number of urea groups is 1. The van der Waals surface area contributed by atoms with Crippen molar-refractivity contribution in [2.75, 3.05) is 11.9 Å². The predicted molar refractivity (Wildman–Crippen MR) is 86.2 cm³/mol. The summed E-state index contributed by atoms with van der Waals surface area (Å²) in [4.78, 5) is 25.7. The van der Waals surface area contributed by atoms with Crippen LogP contribution in [0.2, 0.25) is 0 Å². The molecule has 0 radical (unpaired) electrons.